The van der Waals surface area contributed by atoms with Crippen molar-refractivity contribution in [1.82, 2.24) is 10.6 Å². The monoisotopic (exact) mass is 836 g/mol. The van der Waals surface area contributed by atoms with Crippen LogP contribution >= 0.6 is 20.8 Å². The number of ether oxygens (including phenoxy) is 2. The summed E-state index contributed by atoms with van der Waals surface area (Å²) in [6, 6.07) is 31.9. The molecule has 6 rings (SSSR count). The number of alkyl carbamates (subject to hydrolysis) is 2. The predicted octanol–water partition coefficient (Wildman–Crippen LogP) is 8.15. The Hall–Kier alpha value is -3.49. The molecule has 2 N–H and O–H groups in total. The van der Waals surface area contributed by atoms with E-state index in [2.05, 4.69) is 119 Å². The Kier molecular flexibility index (Phi) is 13.3. The molecule has 2 amide bonds. The third-order valence-electron chi connectivity index (χ3n) is 11.5. The van der Waals surface area contributed by atoms with Crippen LogP contribution in [-0.2, 0) is 29.0 Å². The topological polar surface area (TPSA) is 114 Å². The van der Waals surface area contributed by atoms with Gasteiger partial charge in [-0.2, -0.15) is 0 Å². The Balaban J connectivity index is 0.951. The Morgan fingerprint density at radius 2 is 1.22 bits per heavy atom. The third kappa shape index (κ3) is 9.39. The van der Waals surface area contributed by atoms with Crippen LogP contribution < -0.4 is 26.5 Å². The van der Waals surface area contributed by atoms with Crippen molar-refractivity contribution in [1.29, 1.82) is 0 Å². The van der Waals surface area contributed by atoms with E-state index in [1.54, 1.807) is 0 Å². The minimum absolute atomic E-state index is 0.234. The number of hydrogen-bond donors (Lipinski definition) is 2. The van der Waals surface area contributed by atoms with E-state index in [-0.39, 0.29) is 11.5 Å². The molecule has 2 spiro atoms. The van der Waals surface area contributed by atoms with Gasteiger partial charge in [0.1, 0.15) is 0 Å². The van der Waals surface area contributed by atoms with Crippen LogP contribution in [0.2, 0.25) is 0 Å². The number of nitrogens with one attached hydrogen (secondary N) is 2. The normalized spacial score (nSPS) is 24.9. The fourth-order valence-electron chi connectivity index (χ4n) is 8.12. The molecule has 0 unspecified atom stereocenters. The van der Waals surface area contributed by atoms with Crippen LogP contribution in [0.1, 0.15) is 78.1 Å². The van der Waals surface area contributed by atoms with Crippen molar-refractivity contribution >= 4 is 48.9 Å². The summed E-state index contributed by atoms with van der Waals surface area (Å²) < 4.78 is 11.3. The number of carbonyl (C=O) groups is 2. The molecular weight excluding hydrogens is 783 g/mol. The predicted molar refractivity (Wildman–Crippen MR) is 219 cm³/mol. The van der Waals surface area contributed by atoms with Crippen LogP contribution in [0.25, 0.3) is 0 Å². The number of carbonyl (C=O) groups excluding carboxylic acids is 2. The molecule has 3 aliphatic rings. The van der Waals surface area contributed by atoms with E-state index in [1.807, 2.05) is 18.2 Å². The molecule has 2 aliphatic carbocycles. The van der Waals surface area contributed by atoms with Gasteiger partial charge in [-0.1, -0.05) is 13.8 Å². The Morgan fingerprint density at radius 1 is 0.764 bits per heavy atom. The van der Waals surface area contributed by atoms with Gasteiger partial charge in [-0.25, -0.2) is 4.79 Å². The molecule has 3 aromatic rings. The zero-order valence-electron chi connectivity index (χ0n) is 31.9. The van der Waals surface area contributed by atoms with E-state index in [4.69, 9.17) is 35.4 Å². The summed E-state index contributed by atoms with van der Waals surface area (Å²) in [4.78, 5) is 48.8. The first-order valence-electron chi connectivity index (χ1n) is 19.4. The molecule has 12 heteroatoms. The summed E-state index contributed by atoms with van der Waals surface area (Å²) in [7, 11) is 0. The third-order valence-corrected chi connectivity index (χ3v) is 21.6. The molecule has 2 saturated carbocycles. The van der Waals surface area contributed by atoms with Gasteiger partial charge in [0.25, 0.3) is 0 Å². The second-order valence-corrected chi connectivity index (χ2v) is 24.7. The zero-order valence-corrected chi connectivity index (χ0v) is 34.4. The van der Waals surface area contributed by atoms with Crippen LogP contribution in [-0.4, -0.2) is 55.7 Å². The van der Waals surface area contributed by atoms with E-state index < -0.39 is 29.1 Å². The molecule has 0 aromatic heterocycles. The second kappa shape index (κ2) is 17.8. The van der Waals surface area contributed by atoms with Gasteiger partial charge in [-0.05, 0) is 18.8 Å². The molecule has 55 heavy (non-hydrogen) atoms. The fourth-order valence-corrected chi connectivity index (χ4v) is 15.8. The Bertz CT molecular complexity index is 1650. The van der Waals surface area contributed by atoms with Crippen LogP contribution in [0.4, 0.5) is 9.59 Å². The molecule has 0 radical (unpaired) electrons. The van der Waals surface area contributed by atoms with Crippen molar-refractivity contribution in [3.8, 4) is 12.3 Å². The summed E-state index contributed by atoms with van der Waals surface area (Å²) in [6.07, 6.45) is 10.9. The van der Waals surface area contributed by atoms with Crippen molar-refractivity contribution in [3.05, 3.63) is 91.0 Å². The van der Waals surface area contributed by atoms with Gasteiger partial charge in [0.05, 0.1) is 6.61 Å². The van der Waals surface area contributed by atoms with Crippen LogP contribution in [0.5, 0.6) is 0 Å². The molecule has 1 saturated heterocycles. The molecule has 296 valence electrons. The standard InChI is InChI=1S/C43H54BrN2O8P/c1-4-5-30-45-39(47)49-33-41(2,3)34-22-26-42(27-23-34)51-53-43(54-52-42)28-24-35(25-29-43)50-40(48)46-31-15-32-55(44,36-16-9-6-10-17-36,37-18-11-7-12-19-37)38-20-13-8-14-21-38/h1,6-14,16-21,34-35H,5,15,22-33H2,2-3H3,(H,45,47)(H,46,48). The second-order valence-electron chi connectivity index (χ2n) is 15.7. The number of amides is 2. The number of benzene rings is 3. The van der Waals surface area contributed by atoms with E-state index in [0.29, 0.717) is 70.6 Å². The number of halogens is 1. The van der Waals surface area contributed by atoms with Crippen molar-refractivity contribution in [2.75, 3.05) is 25.9 Å². The van der Waals surface area contributed by atoms with Crippen molar-refractivity contribution in [2.45, 2.75) is 95.7 Å². The van der Waals surface area contributed by atoms with Gasteiger partial charge in [0.2, 0.25) is 5.79 Å². The molecule has 1 aliphatic heterocycles. The Morgan fingerprint density at radius 3 is 1.69 bits per heavy atom. The summed E-state index contributed by atoms with van der Waals surface area (Å²) >= 11 is 4.47. The van der Waals surface area contributed by atoms with Gasteiger partial charge in [-0.3, -0.25) is 0 Å². The average Bonchev–Trinajstić information content (AvgIpc) is 3.22. The molecule has 0 bridgehead atoms. The molecule has 3 fully saturated rings. The van der Waals surface area contributed by atoms with E-state index in [9.17, 15) is 9.59 Å². The molecular formula is C43H54BrN2O8P. The summed E-state index contributed by atoms with van der Waals surface area (Å²) in [5.74, 6) is 0.766. The maximum absolute atomic E-state index is 13.0. The zero-order chi connectivity index (χ0) is 38.9. The first-order chi connectivity index (χ1) is 26.5. The molecule has 10 nitrogen and oxygen atoms in total. The number of hydrogen-bond acceptors (Lipinski definition) is 8. The van der Waals surface area contributed by atoms with Crippen molar-refractivity contribution in [3.63, 3.8) is 0 Å². The van der Waals surface area contributed by atoms with E-state index in [1.165, 1.54) is 15.9 Å². The first-order valence-corrected chi connectivity index (χ1v) is 23.9. The minimum atomic E-state index is -3.07. The number of rotatable bonds is 13. The van der Waals surface area contributed by atoms with Crippen LogP contribution in [0, 0.1) is 23.7 Å². The van der Waals surface area contributed by atoms with Crippen LogP contribution in [0.15, 0.2) is 91.0 Å². The average molecular weight is 838 g/mol. The maximum atomic E-state index is 13.0. The molecule has 1 heterocycles. The van der Waals surface area contributed by atoms with Gasteiger partial charge in [0.15, 0.2) is 0 Å². The van der Waals surface area contributed by atoms with Gasteiger partial charge < -0.3 is 10.1 Å². The fraction of sp³-hybridized carbons (Fsp3) is 0.488. The van der Waals surface area contributed by atoms with E-state index in [0.717, 1.165) is 25.4 Å². The van der Waals surface area contributed by atoms with Crippen molar-refractivity contribution in [2.24, 2.45) is 11.3 Å². The number of terminal acetylenes is 1. The van der Waals surface area contributed by atoms with Gasteiger partial charge in [0, 0.05) is 31.2 Å². The van der Waals surface area contributed by atoms with E-state index >= 15 is 0 Å². The SMILES string of the molecule is C#CCCNC(=O)OCC(C)(C)C1CCC2(CC1)OOC1(CCC(OC(=O)NCCCP(Br)(c3ccccc3)(c3ccccc3)c3ccccc3)CC1)OO2. The molecule has 0 atom stereocenters. The van der Waals surface area contributed by atoms with Crippen LogP contribution in [0.3, 0.4) is 0 Å². The Labute approximate surface area is 333 Å². The van der Waals surface area contributed by atoms with Gasteiger partial charge >= 0.3 is 231 Å². The van der Waals surface area contributed by atoms with Crippen molar-refractivity contribution < 1.29 is 38.6 Å². The first kappa shape index (κ1) is 41.2. The van der Waals surface area contributed by atoms with Gasteiger partial charge in [-0.15, -0.1) is 12.3 Å². The molecule has 3 aromatic carbocycles. The summed E-state index contributed by atoms with van der Waals surface area (Å²) in [5, 5.41) is 6.34. The summed E-state index contributed by atoms with van der Waals surface area (Å²) in [5.41, 5.74) is -0.234. The summed E-state index contributed by atoms with van der Waals surface area (Å²) in [6.45, 7) is 5.35. The quantitative estimate of drug-likeness (QED) is 0.0768.